The number of hydrogen-bond donors (Lipinski definition) is 1. The van der Waals surface area contributed by atoms with Crippen molar-refractivity contribution in [3.05, 3.63) is 34.9 Å². The van der Waals surface area contributed by atoms with Crippen LogP contribution in [0.15, 0.2) is 23.3 Å². The Kier molecular flexibility index (Phi) is 3.56. The topological polar surface area (TPSA) is 41.5 Å². The predicted octanol–water partition coefficient (Wildman–Crippen LogP) is 2.94. The number of terminal acetylenes is 1. The molecule has 0 spiro atoms. The van der Waals surface area contributed by atoms with Crippen LogP contribution < -0.4 is 5.43 Å². The van der Waals surface area contributed by atoms with E-state index in [9.17, 15) is 4.79 Å². The first-order valence-corrected chi connectivity index (χ1v) is 7.91. The zero-order valence-corrected chi connectivity index (χ0v) is 13.4. The van der Waals surface area contributed by atoms with Gasteiger partial charge in [0.25, 0.3) is 0 Å². The molecule has 1 aromatic carbocycles. The van der Waals surface area contributed by atoms with Crippen molar-refractivity contribution >= 4 is 11.5 Å². The van der Waals surface area contributed by atoms with E-state index in [2.05, 4.69) is 41.6 Å². The Morgan fingerprint density at radius 3 is 2.73 bits per heavy atom. The summed E-state index contributed by atoms with van der Waals surface area (Å²) in [6, 6.07) is 6.30. The number of hydrazone groups is 1. The van der Waals surface area contributed by atoms with E-state index in [0.717, 1.165) is 41.7 Å². The molecule has 1 fully saturated rings. The summed E-state index contributed by atoms with van der Waals surface area (Å²) in [6.07, 6.45) is 8.54. The fourth-order valence-corrected chi connectivity index (χ4v) is 4.05. The van der Waals surface area contributed by atoms with E-state index >= 15 is 0 Å². The van der Waals surface area contributed by atoms with Gasteiger partial charge in [-0.25, -0.2) is 0 Å². The van der Waals surface area contributed by atoms with E-state index in [4.69, 9.17) is 6.42 Å². The minimum atomic E-state index is -0.210. The van der Waals surface area contributed by atoms with Gasteiger partial charge in [-0.15, -0.1) is 6.42 Å². The van der Waals surface area contributed by atoms with Gasteiger partial charge in [-0.2, -0.15) is 5.10 Å². The van der Waals surface area contributed by atoms with E-state index in [-0.39, 0.29) is 17.1 Å². The van der Waals surface area contributed by atoms with Crippen LogP contribution in [-0.2, 0) is 11.8 Å². The SMILES string of the molecule is C#C/C(=N\NC)C1(c2ccc3c(c2)C(=O)C(C)C3)CC(C)C1. The molecule has 3 heteroatoms. The van der Waals surface area contributed by atoms with Crippen molar-refractivity contribution in [3.63, 3.8) is 0 Å². The number of carbonyl (C=O) groups is 1. The molecule has 0 amide bonds. The molecule has 0 saturated heterocycles. The number of benzene rings is 1. The second-order valence-electron chi connectivity index (χ2n) is 6.77. The molecule has 3 rings (SSSR count). The van der Waals surface area contributed by atoms with Crippen LogP contribution in [0.3, 0.4) is 0 Å². The molecule has 0 aliphatic heterocycles. The molecule has 0 radical (unpaired) electrons. The van der Waals surface area contributed by atoms with Crippen molar-refractivity contribution in [1.82, 2.24) is 5.43 Å². The average Bonchev–Trinajstić information content (AvgIpc) is 2.76. The Hall–Kier alpha value is -2.08. The van der Waals surface area contributed by atoms with Crippen LogP contribution in [0.1, 0.15) is 48.2 Å². The maximum Gasteiger partial charge on any atom is 0.166 e. The number of nitrogens with one attached hydrogen (secondary N) is 1. The van der Waals surface area contributed by atoms with Gasteiger partial charge >= 0.3 is 0 Å². The number of Topliss-reactive ketones (excluding diaryl/α,β-unsaturated/α-hetero) is 1. The standard InChI is InChI=1S/C19H22N2O/c1-5-17(21-20-4)19(10-12(2)11-19)15-7-6-14-8-13(3)18(22)16(14)9-15/h1,6-7,9,12-13,20H,8,10-11H2,2-4H3/b21-17+. The lowest BCUT2D eigenvalue weighted by atomic mass is 9.56. The molecule has 2 aliphatic rings. The highest BCUT2D eigenvalue weighted by Gasteiger charge is 2.48. The lowest BCUT2D eigenvalue weighted by Gasteiger charge is -2.46. The highest BCUT2D eigenvalue weighted by atomic mass is 16.1. The van der Waals surface area contributed by atoms with E-state index < -0.39 is 0 Å². The van der Waals surface area contributed by atoms with Crippen LogP contribution in [0.2, 0.25) is 0 Å². The predicted molar refractivity (Wildman–Crippen MR) is 89.0 cm³/mol. The Balaban J connectivity index is 2.07. The summed E-state index contributed by atoms with van der Waals surface area (Å²) in [7, 11) is 1.76. The largest absolute Gasteiger partial charge is 0.312 e. The summed E-state index contributed by atoms with van der Waals surface area (Å²) in [5.74, 6) is 3.73. The number of ketones is 1. The third kappa shape index (κ3) is 2.06. The molecule has 1 aromatic rings. The molecule has 1 unspecified atom stereocenters. The van der Waals surface area contributed by atoms with Crippen LogP contribution in [0, 0.1) is 24.2 Å². The zero-order chi connectivity index (χ0) is 15.9. The zero-order valence-electron chi connectivity index (χ0n) is 13.4. The highest BCUT2D eigenvalue weighted by molar-refractivity contribution is 6.09. The van der Waals surface area contributed by atoms with Gasteiger partial charge in [0.05, 0.1) is 0 Å². The van der Waals surface area contributed by atoms with Crippen LogP contribution in [-0.4, -0.2) is 18.5 Å². The Morgan fingerprint density at radius 1 is 1.41 bits per heavy atom. The lowest BCUT2D eigenvalue weighted by Crippen LogP contribution is -2.47. The fraction of sp³-hybridized carbons (Fsp3) is 0.474. The van der Waals surface area contributed by atoms with E-state index in [0.29, 0.717) is 5.92 Å². The first kappa shape index (κ1) is 14.8. The maximum absolute atomic E-state index is 12.3. The van der Waals surface area contributed by atoms with Crippen molar-refractivity contribution < 1.29 is 4.79 Å². The van der Waals surface area contributed by atoms with E-state index in [1.54, 1.807) is 7.05 Å². The normalized spacial score (nSPS) is 30.5. The summed E-state index contributed by atoms with van der Waals surface area (Å²) < 4.78 is 0. The van der Waals surface area contributed by atoms with Gasteiger partial charge in [-0.1, -0.05) is 31.9 Å². The second kappa shape index (κ2) is 5.28. The number of carbonyl (C=O) groups excluding carboxylic acids is 1. The molecule has 3 nitrogen and oxygen atoms in total. The first-order chi connectivity index (χ1) is 10.5. The molecule has 0 bridgehead atoms. The van der Waals surface area contributed by atoms with Gasteiger partial charge < -0.3 is 5.43 Å². The fourth-order valence-electron chi connectivity index (χ4n) is 4.05. The van der Waals surface area contributed by atoms with Crippen LogP contribution >= 0.6 is 0 Å². The molecule has 1 atom stereocenters. The quantitative estimate of drug-likeness (QED) is 0.529. The van der Waals surface area contributed by atoms with Crippen molar-refractivity contribution in [1.29, 1.82) is 0 Å². The summed E-state index contributed by atoms with van der Waals surface area (Å²) in [4.78, 5) is 12.3. The molecule has 1 N–H and O–H groups in total. The summed E-state index contributed by atoms with van der Waals surface area (Å²) in [5, 5.41) is 4.32. The van der Waals surface area contributed by atoms with Crippen LogP contribution in [0.4, 0.5) is 0 Å². The van der Waals surface area contributed by atoms with Gasteiger partial charge in [0.1, 0.15) is 5.71 Å². The number of nitrogens with zero attached hydrogens (tertiary/aromatic N) is 1. The molecule has 0 heterocycles. The van der Waals surface area contributed by atoms with Gasteiger partial charge in [0, 0.05) is 23.9 Å². The molecule has 114 valence electrons. The third-order valence-corrected chi connectivity index (χ3v) is 5.11. The molecular weight excluding hydrogens is 272 g/mol. The van der Waals surface area contributed by atoms with E-state index in [1.807, 2.05) is 6.92 Å². The minimum absolute atomic E-state index is 0.0968. The first-order valence-electron chi connectivity index (χ1n) is 7.91. The third-order valence-electron chi connectivity index (χ3n) is 5.11. The summed E-state index contributed by atoms with van der Waals surface area (Å²) in [5.41, 5.74) is 6.54. The number of rotatable bonds is 3. The smallest absolute Gasteiger partial charge is 0.166 e. The van der Waals surface area contributed by atoms with Crippen LogP contribution in [0.5, 0.6) is 0 Å². The maximum atomic E-state index is 12.3. The van der Waals surface area contributed by atoms with Crippen molar-refractivity contribution in [3.8, 4) is 12.3 Å². The lowest BCUT2D eigenvalue weighted by molar-refractivity contribution is 0.0946. The van der Waals surface area contributed by atoms with Crippen molar-refractivity contribution in [2.75, 3.05) is 7.05 Å². The van der Waals surface area contributed by atoms with Gasteiger partial charge in [0.2, 0.25) is 0 Å². The monoisotopic (exact) mass is 294 g/mol. The highest BCUT2D eigenvalue weighted by Crippen LogP contribution is 2.49. The second-order valence-corrected chi connectivity index (χ2v) is 6.77. The Morgan fingerprint density at radius 2 is 2.14 bits per heavy atom. The number of fused-ring (bicyclic) bond motifs is 1. The van der Waals surface area contributed by atoms with Gasteiger partial charge in [0.15, 0.2) is 5.78 Å². The number of hydrogen-bond acceptors (Lipinski definition) is 3. The van der Waals surface area contributed by atoms with Crippen molar-refractivity contribution in [2.24, 2.45) is 16.9 Å². The van der Waals surface area contributed by atoms with Gasteiger partial charge in [-0.3, -0.25) is 4.79 Å². The molecule has 22 heavy (non-hydrogen) atoms. The molecule has 1 saturated carbocycles. The van der Waals surface area contributed by atoms with Crippen molar-refractivity contribution in [2.45, 2.75) is 38.5 Å². The molecule has 2 aliphatic carbocycles. The molecular formula is C19H22N2O. The Labute approximate surface area is 132 Å². The van der Waals surface area contributed by atoms with E-state index in [1.165, 1.54) is 0 Å². The summed E-state index contributed by atoms with van der Waals surface area (Å²) in [6.45, 7) is 4.23. The average molecular weight is 294 g/mol. The molecule has 0 aromatic heterocycles. The minimum Gasteiger partial charge on any atom is -0.312 e. The summed E-state index contributed by atoms with van der Waals surface area (Å²) >= 11 is 0. The van der Waals surface area contributed by atoms with Crippen LogP contribution in [0.25, 0.3) is 0 Å². The van der Waals surface area contributed by atoms with Gasteiger partial charge in [-0.05, 0) is 42.4 Å². The Bertz CT molecular complexity index is 690.